The lowest BCUT2D eigenvalue weighted by Gasteiger charge is -2.10. The molecule has 23 heavy (non-hydrogen) atoms. The summed E-state index contributed by atoms with van der Waals surface area (Å²) in [7, 11) is 1.51. The van der Waals surface area contributed by atoms with Gasteiger partial charge in [0.1, 0.15) is 10.6 Å². The molecule has 3 aromatic rings. The number of anilines is 1. The van der Waals surface area contributed by atoms with Gasteiger partial charge in [0.15, 0.2) is 0 Å². The van der Waals surface area contributed by atoms with E-state index in [9.17, 15) is 9.59 Å². The van der Waals surface area contributed by atoms with Crippen LogP contribution in [0, 0.1) is 0 Å². The Balaban J connectivity index is 1.99. The topological polar surface area (TPSA) is 68.3 Å². The highest BCUT2D eigenvalue weighted by atomic mass is 32.1. The molecule has 0 radical (unpaired) electrons. The molecule has 0 aliphatic carbocycles. The second-order valence-electron chi connectivity index (χ2n) is 4.93. The van der Waals surface area contributed by atoms with Crippen LogP contribution in [0.3, 0.4) is 0 Å². The Bertz CT molecular complexity index is 869. The highest BCUT2D eigenvalue weighted by Gasteiger charge is 2.15. The van der Waals surface area contributed by atoms with Crippen LogP contribution in [-0.2, 0) is 4.79 Å². The summed E-state index contributed by atoms with van der Waals surface area (Å²) in [6.07, 6.45) is 1.70. The Hall–Kier alpha value is -2.73. The van der Waals surface area contributed by atoms with Gasteiger partial charge in [-0.15, -0.1) is 11.3 Å². The maximum Gasteiger partial charge on any atom is 0.221 e. The molecule has 0 fully saturated rings. The van der Waals surface area contributed by atoms with E-state index >= 15 is 0 Å². The number of benzene rings is 1. The summed E-state index contributed by atoms with van der Waals surface area (Å²) in [6, 6.07) is 10.6. The highest BCUT2D eigenvalue weighted by molar-refractivity contribution is 7.20. The van der Waals surface area contributed by atoms with Gasteiger partial charge in [-0.3, -0.25) is 9.59 Å². The second-order valence-corrected chi connectivity index (χ2v) is 5.96. The normalized spacial score (nSPS) is 10.5. The molecule has 1 aromatic carbocycles. The number of ketones is 1. The first kappa shape index (κ1) is 15.2. The van der Waals surface area contributed by atoms with Gasteiger partial charge in [0.2, 0.25) is 11.7 Å². The van der Waals surface area contributed by atoms with Crippen molar-refractivity contribution in [3.8, 4) is 5.75 Å². The fourth-order valence-corrected chi connectivity index (χ4v) is 3.23. The van der Waals surface area contributed by atoms with E-state index in [4.69, 9.17) is 4.74 Å². The van der Waals surface area contributed by atoms with E-state index in [1.165, 1.54) is 25.4 Å². The smallest absolute Gasteiger partial charge is 0.221 e. The van der Waals surface area contributed by atoms with Crippen molar-refractivity contribution in [2.75, 3.05) is 12.4 Å². The van der Waals surface area contributed by atoms with Gasteiger partial charge < -0.3 is 10.1 Å². The number of pyridine rings is 1. The van der Waals surface area contributed by atoms with E-state index in [1.54, 1.807) is 24.4 Å². The summed E-state index contributed by atoms with van der Waals surface area (Å²) < 4.78 is 5.20. The minimum atomic E-state index is -0.223. The summed E-state index contributed by atoms with van der Waals surface area (Å²) in [4.78, 5) is 29.7. The molecule has 0 unspecified atom stereocenters. The summed E-state index contributed by atoms with van der Waals surface area (Å²) in [5.41, 5.74) is 0.964. The molecule has 0 aliphatic rings. The molecule has 0 atom stereocenters. The number of thiophene rings is 1. The molecule has 0 saturated heterocycles. The second kappa shape index (κ2) is 6.18. The molecule has 116 valence electrons. The largest absolute Gasteiger partial charge is 0.495 e. The molecule has 2 aromatic heterocycles. The number of carbonyl (C=O) groups excluding carboxylic acids is 2. The van der Waals surface area contributed by atoms with Crippen LogP contribution in [0.1, 0.15) is 22.2 Å². The first-order valence-corrected chi connectivity index (χ1v) is 7.75. The molecule has 5 nitrogen and oxygen atoms in total. The number of rotatable bonds is 4. The summed E-state index contributed by atoms with van der Waals surface area (Å²) >= 11 is 1.35. The SMILES string of the molecule is COc1ccc(C(=O)c2cc3cccnc3s2)cc1NC(C)=O. The molecule has 2 heterocycles. The first-order chi connectivity index (χ1) is 11.1. The monoisotopic (exact) mass is 326 g/mol. The third-order valence-corrected chi connectivity index (χ3v) is 4.35. The van der Waals surface area contributed by atoms with Crippen LogP contribution in [0.2, 0.25) is 0 Å². The van der Waals surface area contributed by atoms with Crippen molar-refractivity contribution in [3.63, 3.8) is 0 Å². The van der Waals surface area contributed by atoms with Crippen molar-refractivity contribution in [2.45, 2.75) is 6.92 Å². The van der Waals surface area contributed by atoms with Crippen LogP contribution >= 0.6 is 11.3 Å². The van der Waals surface area contributed by atoms with Crippen molar-refractivity contribution >= 4 is 38.9 Å². The highest BCUT2D eigenvalue weighted by Crippen LogP contribution is 2.29. The molecule has 1 N–H and O–H groups in total. The minimum Gasteiger partial charge on any atom is -0.495 e. The van der Waals surface area contributed by atoms with Gasteiger partial charge in [-0.1, -0.05) is 6.07 Å². The summed E-state index contributed by atoms with van der Waals surface area (Å²) in [5, 5.41) is 3.61. The fourth-order valence-electron chi connectivity index (χ4n) is 2.26. The van der Waals surface area contributed by atoms with Gasteiger partial charge in [0.05, 0.1) is 17.7 Å². The van der Waals surface area contributed by atoms with Crippen LogP contribution < -0.4 is 10.1 Å². The number of methoxy groups -OCH3 is 1. The maximum atomic E-state index is 12.7. The quantitative estimate of drug-likeness (QED) is 0.745. The Labute approximate surface area is 136 Å². The van der Waals surface area contributed by atoms with Gasteiger partial charge in [0, 0.05) is 24.1 Å². The minimum absolute atomic E-state index is 0.109. The van der Waals surface area contributed by atoms with Gasteiger partial charge >= 0.3 is 0 Å². The Morgan fingerprint density at radius 2 is 2.04 bits per heavy atom. The average molecular weight is 326 g/mol. The van der Waals surface area contributed by atoms with Crippen molar-refractivity contribution in [2.24, 2.45) is 0 Å². The van der Waals surface area contributed by atoms with Crippen LogP contribution in [0.5, 0.6) is 5.75 Å². The third kappa shape index (κ3) is 3.07. The van der Waals surface area contributed by atoms with E-state index in [0.29, 0.717) is 21.9 Å². The molecule has 1 amide bonds. The lowest BCUT2D eigenvalue weighted by atomic mass is 10.1. The van der Waals surface area contributed by atoms with Crippen LogP contribution in [0.25, 0.3) is 10.2 Å². The Morgan fingerprint density at radius 1 is 1.22 bits per heavy atom. The zero-order chi connectivity index (χ0) is 16.4. The number of amides is 1. The van der Waals surface area contributed by atoms with Crippen LogP contribution in [0.15, 0.2) is 42.6 Å². The van der Waals surface area contributed by atoms with Crippen molar-refractivity contribution in [1.82, 2.24) is 4.98 Å². The van der Waals surface area contributed by atoms with E-state index < -0.39 is 0 Å². The van der Waals surface area contributed by atoms with Gasteiger partial charge in [0.25, 0.3) is 0 Å². The van der Waals surface area contributed by atoms with E-state index in [-0.39, 0.29) is 11.7 Å². The predicted octanol–water partition coefficient (Wildman–Crippen LogP) is 3.49. The number of ether oxygens (including phenoxy) is 1. The molecule has 0 bridgehead atoms. The molecule has 0 aliphatic heterocycles. The number of carbonyl (C=O) groups is 2. The lowest BCUT2D eigenvalue weighted by molar-refractivity contribution is -0.114. The molecule has 3 rings (SSSR count). The van der Waals surface area contributed by atoms with Crippen molar-refractivity contribution in [1.29, 1.82) is 0 Å². The third-order valence-electron chi connectivity index (χ3n) is 3.29. The summed E-state index contributed by atoms with van der Waals surface area (Å²) in [5.74, 6) is 0.177. The van der Waals surface area contributed by atoms with E-state index in [2.05, 4.69) is 10.3 Å². The maximum absolute atomic E-state index is 12.7. The zero-order valence-electron chi connectivity index (χ0n) is 12.6. The number of nitrogens with one attached hydrogen (secondary N) is 1. The summed E-state index contributed by atoms with van der Waals surface area (Å²) in [6.45, 7) is 1.41. The van der Waals surface area contributed by atoms with Gasteiger partial charge in [-0.25, -0.2) is 4.98 Å². The number of nitrogens with zero attached hydrogens (tertiary/aromatic N) is 1. The molecular formula is C17H14N2O3S. The van der Waals surface area contributed by atoms with Crippen LogP contribution in [0.4, 0.5) is 5.69 Å². The van der Waals surface area contributed by atoms with Crippen molar-refractivity contribution < 1.29 is 14.3 Å². The molecular weight excluding hydrogens is 312 g/mol. The molecule has 0 saturated carbocycles. The average Bonchev–Trinajstić information content (AvgIpc) is 2.97. The van der Waals surface area contributed by atoms with Gasteiger partial charge in [-0.2, -0.15) is 0 Å². The predicted molar refractivity (Wildman–Crippen MR) is 90.4 cm³/mol. The lowest BCUT2D eigenvalue weighted by Crippen LogP contribution is -2.08. The van der Waals surface area contributed by atoms with Crippen LogP contribution in [-0.4, -0.2) is 23.8 Å². The number of aromatic nitrogens is 1. The number of hydrogen-bond donors (Lipinski definition) is 1. The first-order valence-electron chi connectivity index (χ1n) is 6.93. The number of fused-ring (bicyclic) bond motifs is 1. The van der Waals surface area contributed by atoms with E-state index in [0.717, 1.165) is 10.2 Å². The zero-order valence-corrected chi connectivity index (χ0v) is 13.4. The Morgan fingerprint density at radius 3 is 2.74 bits per heavy atom. The van der Waals surface area contributed by atoms with Crippen molar-refractivity contribution in [3.05, 3.63) is 53.0 Å². The molecule has 6 heteroatoms. The molecule has 0 spiro atoms. The standard InChI is InChI=1S/C17H14N2O3S/c1-10(20)19-13-8-11(5-6-14(13)22-2)16(21)15-9-12-4-3-7-18-17(12)23-15/h3-9H,1-2H3,(H,19,20). The van der Waals surface area contributed by atoms with E-state index in [1.807, 2.05) is 18.2 Å². The fraction of sp³-hybridized carbons (Fsp3) is 0.118. The number of hydrogen-bond acceptors (Lipinski definition) is 5. The Kier molecular flexibility index (Phi) is 4.08. The van der Waals surface area contributed by atoms with Gasteiger partial charge in [-0.05, 0) is 30.3 Å².